The molecule has 0 N–H and O–H groups in total. The minimum Gasteiger partial charge on any atom is -0.213 e. The maximum absolute atomic E-state index is 11.6. The summed E-state index contributed by atoms with van der Waals surface area (Å²) in [6.07, 6.45) is 3.22. The summed E-state index contributed by atoms with van der Waals surface area (Å²) in [6, 6.07) is 17.2. The topological polar surface area (TPSA) is 37.4 Å². The van der Waals surface area contributed by atoms with E-state index in [0.29, 0.717) is 18.4 Å². The average molecular weight is 343 g/mol. The van der Waals surface area contributed by atoms with Gasteiger partial charge in [-0.3, -0.25) is 0 Å². The second kappa shape index (κ2) is 6.69. The van der Waals surface area contributed by atoms with Gasteiger partial charge in [0.1, 0.15) is 0 Å². The predicted octanol–water partition coefficient (Wildman–Crippen LogP) is 3.91. The van der Waals surface area contributed by atoms with Crippen molar-refractivity contribution in [3.63, 3.8) is 0 Å². The molecule has 0 radical (unpaired) electrons. The molecular weight excluding hydrogens is 318 g/mol. The zero-order chi connectivity index (χ0) is 17.3. The molecule has 1 aliphatic rings. The van der Waals surface area contributed by atoms with Crippen molar-refractivity contribution in [1.29, 1.82) is 0 Å². The van der Waals surface area contributed by atoms with Gasteiger partial charge in [0.05, 0.1) is 6.26 Å². The summed E-state index contributed by atoms with van der Waals surface area (Å²) in [5, 5.41) is 0. The zero-order valence-corrected chi connectivity index (χ0v) is 15.4. The Bertz CT molecular complexity index is 815. The van der Waals surface area contributed by atoms with E-state index in [2.05, 4.69) is 49.4 Å². The summed E-state index contributed by atoms with van der Waals surface area (Å²) in [5.41, 5.74) is 5.31. The molecule has 3 rings (SSSR count). The molecule has 0 aromatic heterocycles. The van der Waals surface area contributed by atoms with E-state index < -0.39 is 10.0 Å². The first kappa shape index (κ1) is 17.2. The lowest BCUT2D eigenvalue weighted by Crippen LogP contribution is -2.28. The standard InChI is InChI=1S/C20H25NO2S/c1-15-13-18-14-17(16-7-5-4-6-8-16)9-10-20(18)19(15)11-12-21(2)24(3,22)23/h4-10,14-15,19H,11-13H2,1-3H3. The highest BCUT2D eigenvalue weighted by molar-refractivity contribution is 7.88. The van der Waals surface area contributed by atoms with Crippen LogP contribution in [-0.4, -0.2) is 32.6 Å². The molecule has 4 heteroatoms. The van der Waals surface area contributed by atoms with Gasteiger partial charge in [-0.2, -0.15) is 0 Å². The molecule has 0 amide bonds. The molecule has 0 saturated carbocycles. The van der Waals surface area contributed by atoms with Crippen molar-refractivity contribution >= 4 is 10.0 Å². The number of sulfonamides is 1. The van der Waals surface area contributed by atoms with E-state index in [-0.39, 0.29) is 0 Å². The fourth-order valence-corrected chi connectivity index (χ4v) is 4.11. The van der Waals surface area contributed by atoms with Gasteiger partial charge in [-0.15, -0.1) is 0 Å². The highest BCUT2D eigenvalue weighted by atomic mass is 32.2. The van der Waals surface area contributed by atoms with Crippen LogP contribution in [0.25, 0.3) is 11.1 Å². The smallest absolute Gasteiger partial charge is 0.210 e. The third-order valence-corrected chi connectivity index (χ3v) is 6.51. The lowest BCUT2D eigenvalue weighted by molar-refractivity contribution is 0.403. The number of benzene rings is 2. The highest BCUT2D eigenvalue weighted by Crippen LogP contribution is 2.41. The van der Waals surface area contributed by atoms with Crippen molar-refractivity contribution in [3.05, 3.63) is 59.7 Å². The van der Waals surface area contributed by atoms with Gasteiger partial charge in [0.15, 0.2) is 0 Å². The summed E-state index contributed by atoms with van der Waals surface area (Å²) in [6.45, 7) is 2.85. The summed E-state index contributed by atoms with van der Waals surface area (Å²) in [5.74, 6) is 0.994. The van der Waals surface area contributed by atoms with Crippen LogP contribution in [0, 0.1) is 5.92 Å². The maximum Gasteiger partial charge on any atom is 0.210 e. The molecule has 3 nitrogen and oxygen atoms in total. The molecule has 1 aliphatic carbocycles. The van der Waals surface area contributed by atoms with Gasteiger partial charge in [0.25, 0.3) is 0 Å². The highest BCUT2D eigenvalue weighted by Gasteiger charge is 2.30. The van der Waals surface area contributed by atoms with E-state index in [9.17, 15) is 8.42 Å². The van der Waals surface area contributed by atoms with Crippen LogP contribution >= 0.6 is 0 Å². The van der Waals surface area contributed by atoms with E-state index in [1.54, 1.807) is 7.05 Å². The molecule has 0 bridgehead atoms. The van der Waals surface area contributed by atoms with E-state index in [1.165, 1.54) is 32.8 Å². The van der Waals surface area contributed by atoms with Crippen LogP contribution in [0.1, 0.15) is 30.4 Å². The van der Waals surface area contributed by atoms with E-state index in [4.69, 9.17) is 0 Å². The Morgan fingerprint density at radius 3 is 2.46 bits per heavy atom. The van der Waals surface area contributed by atoms with E-state index in [0.717, 1.165) is 12.8 Å². The van der Waals surface area contributed by atoms with Gasteiger partial charge in [0, 0.05) is 13.6 Å². The van der Waals surface area contributed by atoms with Gasteiger partial charge >= 0.3 is 0 Å². The fraction of sp³-hybridized carbons (Fsp3) is 0.400. The van der Waals surface area contributed by atoms with Crippen molar-refractivity contribution < 1.29 is 8.42 Å². The van der Waals surface area contributed by atoms with Gasteiger partial charge in [-0.1, -0.05) is 55.5 Å². The van der Waals surface area contributed by atoms with Gasteiger partial charge in [0.2, 0.25) is 10.0 Å². The Kier molecular flexibility index (Phi) is 4.79. The largest absolute Gasteiger partial charge is 0.213 e. The number of rotatable bonds is 5. The summed E-state index contributed by atoms with van der Waals surface area (Å²) >= 11 is 0. The molecule has 2 aromatic rings. The van der Waals surface area contributed by atoms with Crippen LogP contribution in [0.5, 0.6) is 0 Å². The fourth-order valence-electron chi connectivity index (χ4n) is 3.68. The molecule has 2 unspecified atom stereocenters. The van der Waals surface area contributed by atoms with Crippen molar-refractivity contribution in [2.24, 2.45) is 5.92 Å². The molecule has 24 heavy (non-hydrogen) atoms. The number of fused-ring (bicyclic) bond motifs is 1. The lowest BCUT2D eigenvalue weighted by atomic mass is 9.90. The lowest BCUT2D eigenvalue weighted by Gasteiger charge is -2.20. The van der Waals surface area contributed by atoms with Crippen LogP contribution in [0.3, 0.4) is 0 Å². The Balaban J connectivity index is 1.80. The van der Waals surface area contributed by atoms with E-state index >= 15 is 0 Å². The maximum atomic E-state index is 11.6. The molecule has 0 fully saturated rings. The Morgan fingerprint density at radius 1 is 1.08 bits per heavy atom. The first-order valence-corrected chi connectivity index (χ1v) is 10.3. The molecule has 0 aliphatic heterocycles. The number of hydrogen-bond acceptors (Lipinski definition) is 2. The van der Waals surface area contributed by atoms with Gasteiger partial charge in [-0.25, -0.2) is 12.7 Å². The molecule has 0 spiro atoms. The van der Waals surface area contributed by atoms with E-state index in [1.807, 2.05) is 6.07 Å². The van der Waals surface area contributed by atoms with Gasteiger partial charge < -0.3 is 0 Å². The quantitative estimate of drug-likeness (QED) is 0.825. The second-order valence-electron chi connectivity index (χ2n) is 6.94. The first-order chi connectivity index (χ1) is 11.4. The number of hydrogen-bond donors (Lipinski definition) is 0. The molecule has 2 atom stereocenters. The average Bonchev–Trinajstić information content (AvgIpc) is 2.87. The molecule has 128 valence electrons. The molecule has 2 aromatic carbocycles. The monoisotopic (exact) mass is 343 g/mol. The molecule has 0 heterocycles. The Hall–Kier alpha value is -1.65. The SMILES string of the molecule is CC1Cc2cc(-c3ccccc3)ccc2C1CCN(C)S(C)(=O)=O. The molecular formula is C20H25NO2S. The minimum absolute atomic E-state index is 0.439. The predicted molar refractivity (Wildman–Crippen MR) is 99.6 cm³/mol. The third-order valence-electron chi connectivity index (χ3n) is 5.20. The summed E-state index contributed by atoms with van der Waals surface area (Å²) in [7, 11) is -1.44. The van der Waals surface area contributed by atoms with Crippen molar-refractivity contribution in [2.45, 2.75) is 25.7 Å². The van der Waals surface area contributed by atoms with Crippen LogP contribution in [-0.2, 0) is 16.4 Å². The van der Waals surface area contributed by atoms with Gasteiger partial charge in [-0.05, 0) is 46.9 Å². The van der Waals surface area contributed by atoms with Crippen LogP contribution < -0.4 is 0 Å². The third kappa shape index (κ3) is 3.55. The summed E-state index contributed by atoms with van der Waals surface area (Å²) in [4.78, 5) is 0. The van der Waals surface area contributed by atoms with Crippen LogP contribution in [0.2, 0.25) is 0 Å². The van der Waals surface area contributed by atoms with Crippen molar-refractivity contribution in [1.82, 2.24) is 4.31 Å². The normalized spacial score (nSPS) is 20.3. The molecule has 0 saturated heterocycles. The first-order valence-electron chi connectivity index (χ1n) is 8.46. The zero-order valence-electron chi connectivity index (χ0n) is 14.6. The second-order valence-corrected chi connectivity index (χ2v) is 9.03. The van der Waals surface area contributed by atoms with Crippen LogP contribution in [0.4, 0.5) is 0 Å². The Labute approximate surface area is 145 Å². The Morgan fingerprint density at radius 2 is 1.79 bits per heavy atom. The summed E-state index contributed by atoms with van der Waals surface area (Å²) < 4.78 is 24.6. The van der Waals surface area contributed by atoms with Crippen LogP contribution in [0.15, 0.2) is 48.5 Å². The minimum atomic E-state index is -3.10. The number of nitrogens with zero attached hydrogens (tertiary/aromatic N) is 1. The van der Waals surface area contributed by atoms with Crippen molar-refractivity contribution in [3.8, 4) is 11.1 Å². The van der Waals surface area contributed by atoms with Crippen molar-refractivity contribution in [2.75, 3.05) is 19.8 Å².